The number of phenolic OH excluding ortho intramolecular Hbond substituents is 1. The third-order valence-corrected chi connectivity index (χ3v) is 3.47. The van der Waals surface area contributed by atoms with Crippen molar-refractivity contribution in [2.45, 2.75) is 12.8 Å². The monoisotopic (exact) mass is 276 g/mol. The van der Waals surface area contributed by atoms with Gasteiger partial charge in [0.15, 0.2) is 5.78 Å². The largest absolute Gasteiger partial charge is 0.508 e. The molecule has 0 atom stereocenters. The zero-order chi connectivity index (χ0) is 14.5. The molecule has 5 nitrogen and oxygen atoms in total. The van der Waals surface area contributed by atoms with E-state index in [1.165, 1.54) is 12.1 Å². The normalized spacial score (nSPS) is 14.8. The fraction of sp³-hybridized carbons (Fsp3) is 0.467. The Hall–Kier alpha value is -1.88. The maximum Gasteiger partial charge on any atom is 0.236 e. The standard InChI is InChI=1S/C15H20N2O3/c1-16(11-15(20)17-8-2-3-9-17)10-14(19)12-4-6-13(18)7-5-12/h4-7,18H,2-3,8-11H2,1H3. The smallest absolute Gasteiger partial charge is 0.236 e. The van der Waals surface area contributed by atoms with Crippen molar-refractivity contribution in [2.24, 2.45) is 0 Å². The van der Waals surface area contributed by atoms with E-state index in [4.69, 9.17) is 0 Å². The van der Waals surface area contributed by atoms with Gasteiger partial charge in [-0.05, 0) is 44.2 Å². The van der Waals surface area contributed by atoms with Crippen LogP contribution in [-0.4, -0.2) is 59.8 Å². The van der Waals surface area contributed by atoms with Gasteiger partial charge in [0.1, 0.15) is 5.75 Å². The molecular formula is C15H20N2O3. The summed E-state index contributed by atoms with van der Waals surface area (Å²) in [5.74, 6) is 0.171. The first kappa shape index (κ1) is 14.5. The van der Waals surface area contributed by atoms with Crippen LogP contribution in [0.2, 0.25) is 0 Å². The number of carbonyl (C=O) groups is 2. The highest BCUT2D eigenvalue weighted by Gasteiger charge is 2.20. The highest BCUT2D eigenvalue weighted by molar-refractivity contribution is 5.97. The summed E-state index contributed by atoms with van der Waals surface area (Å²) in [6.45, 7) is 2.13. The molecule has 0 spiro atoms. The molecule has 1 amide bonds. The van der Waals surface area contributed by atoms with Gasteiger partial charge in [-0.1, -0.05) is 0 Å². The number of likely N-dealkylation sites (N-methyl/N-ethyl adjacent to an activating group) is 1. The van der Waals surface area contributed by atoms with Gasteiger partial charge >= 0.3 is 0 Å². The van der Waals surface area contributed by atoms with E-state index in [2.05, 4.69) is 0 Å². The van der Waals surface area contributed by atoms with Crippen molar-refractivity contribution in [3.8, 4) is 5.75 Å². The fourth-order valence-electron chi connectivity index (χ4n) is 2.34. The van der Waals surface area contributed by atoms with Crippen LogP contribution < -0.4 is 0 Å². The average molecular weight is 276 g/mol. The molecule has 0 radical (unpaired) electrons. The Bertz CT molecular complexity index is 478. The molecule has 1 aromatic rings. The SMILES string of the molecule is CN(CC(=O)c1ccc(O)cc1)CC(=O)N1CCCC1. The summed E-state index contributed by atoms with van der Waals surface area (Å²) in [5, 5.41) is 9.19. The number of aromatic hydroxyl groups is 1. The van der Waals surface area contributed by atoms with Gasteiger partial charge in [-0.15, -0.1) is 0 Å². The topological polar surface area (TPSA) is 60.9 Å². The van der Waals surface area contributed by atoms with Crippen LogP contribution in [0.4, 0.5) is 0 Å². The lowest BCUT2D eigenvalue weighted by Crippen LogP contribution is -2.39. The van der Waals surface area contributed by atoms with Crippen molar-refractivity contribution in [2.75, 3.05) is 33.2 Å². The number of rotatable bonds is 5. The number of carbonyl (C=O) groups excluding carboxylic acids is 2. The van der Waals surface area contributed by atoms with Crippen molar-refractivity contribution in [1.82, 2.24) is 9.80 Å². The van der Waals surface area contributed by atoms with E-state index in [0.29, 0.717) is 5.56 Å². The number of Topliss-reactive ketones (excluding diaryl/α,β-unsaturated/α-hetero) is 1. The lowest BCUT2D eigenvalue weighted by Gasteiger charge is -2.20. The number of likely N-dealkylation sites (tertiary alicyclic amines) is 1. The molecule has 108 valence electrons. The van der Waals surface area contributed by atoms with E-state index in [9.17, 15) is 14.7 Å². The number of nitrogens with zero attached hydrogens (tertiary/aromatic N) is 2. The second-order valence-corrected chi connectivity index (χ2v) is 5.23. The van der Waals surface area contributed by atoms with E-state index < -0.39 is 0 Å². The minimum Gasteiger partial charge on any atom is -0.508 e. The third kappa shape index (κ3) is 3.81. The highest BCUT2D eigenvalue weighted by atomic mass is 16.3. The van der Waals surface area contributed by atoms with E-state index in [1.54, 1.807) is 24.1 Å². The molecule has 1 aliphatic heterocycles. The molecule has 0 saturated carbocycles. The van der Waals surface area contributed by atoms with E-state index in [1.807, 2.05) is 4.90 Å². The molecule has 5 heteroatoms. The Morgan fingerprint density at radius 2 is 1.75 bits per heavy atom. The van der Waals surface area contributed by atoms with Gasteiger partial charge in [-0.3, -0.25) is 14.5 Å². The second-order valence-electron chi connectivity index (χ2n) is 5.23. The molecule has 1 heterocycles. The molecule has 0 aliphatic carbocycles. The average Bonchev–Trinajstić information content (AvgIpc) is 2.93. The van der Waals surface area contributed by atoms with Gasteiger partial charge in [0.05, 0.1) is 13.1 Å². The van der Waals surface area contributed by atoms with Crippen LogP contribution in [0, 0.1) is 0 Å². The molecule has 2 rings (SSSR count). The molecule has 20 heavy (non-hydrogen) atoms. The van der Waals surface area contributed by atoms with Gasteiger partial charge in [-0.25, -0.2) is 0 Å². The van der Waals surface area contributed by atoms with Crippen molar-refractivity contribution in [3.63, 3.8) is 0 Å². The van der Waals surface area contributed by atoms with Gasteiger partial charge in [0, 0.05) is 18.7 Å². The van der Waals surface area contributed by atoms with E-state index in [0.717, 1.165) is 25.9 Å². The number of hydrogen-bond acceptors (Lipinski definition) is 4. The van der Waals surface area contributed by atoms with E-state index in [-0.39, 0.29) is 30.5 Å². The van der Waals surface area contributed by atoms with Gasteiger partial charge < -0.3 is 10.0 Å². The van der Waals surface area contributed by atoms with Gasteiger partial charge in [-0.2, -0.15) is 0 Å². The first-order valence-electron chi connectivity index (χ1n) is 6.85. The van der Waals surface area contributed by atoms with Crippen LogP contribution in [0.3, 0.4) is 0 Å². The van der Waals surface area contributed by atoms with Crippen molar-refractivity contribution in [3.05, 3.63) is 29.8 Å². The van der Waals surface area contributed by atoms with Crippen molar-refractivity contribution < 1.29 is 14.7 Å². The molecule has 0 bridgehead atoms. The Kier molecular flexibility index (Phi) is 4.74. The molecule has 0 unspecified atom stereocenters. The summed E-state index contributed by atoms with van der Waals surface area (Å²) < 4.78 is 0. The van der Waals surface area contributed by atoms with E-state index >= 15 is 0 Å². The van der Waals surface area contributed by atoms with Crippen LogP contribution in [0.15, 0.2) is 24.3 Å². The zero-order valence-electron chi connectivity index (χ0n) is 11.7. The van der Waals surface area contributed by atoms with Crippen LogP contribution >= 0.6 is 0 Å². The van der Waals surface area contributed by atoms with Crippen LogP contribution in [0.25, 0.3) is 0 Å². The number of ketones is 1. The van der Waals surface area contributed by atoms with Crippen molar-refractivity contribution in [1.29, 1.82) is 0 Å². The maximum atomic E-state index is 12.0. The van der Waals surface area contributed by atoms with Crippen LogP contribution in [0.1, 0.15) is 23.2 Å². The van der Waals surface area contributed by atoms with Crippen molar-refractivity contribution >= 4 is 11.7 Å². The second kappa shape index (κ2) is 6.52. The predicted octanol–water partition coefficient (Wildman–Crippen LogP) is 1.13. The van der Waals surface area contributed by atoms with Crippen LogP contribution in [-0.2, 0) is 4.79 Å². The summed E-state index contributed by atoms with van der Waals surface area (Å²) in [6.07, 6.45) is 2.14. The Morgan fingerprint density at radius 3 is 2.35 bits per heavy atom. The number of benzene rings is 1. The predicted molar refractivity (Wildman–Crippen MR) is 75.7 cm³/mol. The zero-order valence-corrected chi connectivity index (χ0v) is 11.7. The first-order chi connectivity index (χ1) is 9.56. The summed E-state index contributed by atoms with van der Waals surface area (Å²) in [7, 11) is 1.77. The summed E-state index contributed by atoms with van der Waals surface area (Å²) in [5.41, 5.74) is 0.545. The molecule has 1 aliphatic rings. The molecular weight excluding hydrogens is 256 g/mol. The molecule has 1 aromatic carbocycles. The molecule has 0 aromatic heterocycles. The minimum absolute atomic E-state index is 0.0540. The Morgan fingerprint density at radius 1 is 1.15 bits per heavy atom. The Balaban J connectivity index is 1.84. The summed E-state index contributed by atoms with van der Waals surface area (Å²) >= 11 is 0. The molecule has 1 N–H and O–H groups in total. The number of amides is 1. The maximum absolute atomic E-state index is 12.0. The molecule has 1 fully saturated rings. The minimum atomic E-state index is -0.0540. The third-order valence-electron chi connectivity index (χ3n) is 3.47. The lowest BCUT2D eigenvalue weighted by atomic mass is 10.1. The number of phenols is 1. The Labute approximate surface area is 118 Å². The van der Waals surface area contributed by atoms with Gasteiger partial charge in [0.25, 0.3) is 0 Å². The number of hydrogen-bond donors (Lipinski definition) is 1. The summed E-state index contributed by atoms with van der Waals surface area (Å²) in [6, 6.07) is 6.16. The highest BCUT2D eigenvalue weighted by Crippen LogP contribution is 2.11. The molecule has 1 saturated heterocycles. The van der Waals surface area contributed by atoms with Crippen LogP contribution in [0.5, 0.6) is 5.75 Å². The fourth-order valence-corrected chi connectivity index (χ4v) is 2.34. The first-order valence-corrected chi connectivity index (χ1v) is 6.85. The summed E-state index contributed by atoms with van der Waals surface area (Å²) in [4.78, 5) is 27.6. The lowest BCUT2D eigenvalue weighted by molar-refractivity contribution is -0.130. The van der Waals surface area contributed by atoms with Gasteiger partial charge in [0.2, 0.25) is 5.91 Å². The quantitative estimate of drug-likeness (QED) is 0.819.